The van der Waals surface area contributed by atoms with E-state index in [1.165, 1.54) is 12.1 Å². The maximum atomic E-state index is 13.4. The van der Waals surface area contributed by atoms with Crippen LogP contribution in [0.2, 0.25) is 0 Å². The van der Waals surface area contributed by atoms with Crippen LogP contribution in [0.25, 0.3) is 11.1 Å². The fourth-order valence-electron chi connectivity index (χ4n) is 1.47. The van der Waals surface area contributed by atoms with Gasteiger partial charge in [0.2, 0.25) is 0 Å². The highest BCUT2D eigenvalue weighted by atomic mass is 19.2. The van der Waals surface area contributed by atoms with E-state index < -0.39 is 11.6 Å². The van der Waals surface area contributed by atoms with Gasteiger partial charge in [-0.15, -0.1) is 0 Å². The Morgan fingerprint density at radius 1 is 0.938 bits per heavy atom. The smallest absolute Gasteiger partial charge is 0.166 e. The van der Waals surface area contributed by atoms with Crippen molar-refractivity contribution in [2.45, 2.75) is 0 Å². The molecule has 2 rings (SSSR count). The summed E-state index contributed by atoms with van der Waals surface area (Å²) in [5.74, 6) is -1.75. The van der Waals surface area contributed by atoms with Crippen molar-refractivity contribution in [3.63, 3.8) is 0 Å². The molecule has 1 nitrogen and oxygen atoms in total. The van der Waals surface area contributed by atoms with Crippen molar-refractivity contribution >= 4 is 6.29 Å². The maximum Gasteiger partial charge on any atom is 0.166 e. The first-order chi connectivity index (χ1) is 7.72. The molecule has 0 saturated carbocycles. The van der Waals surface area contributed by atoms with E-state index in [1.54, 1.807) is 24.3 Å². The Labute approximate surface area is 91.3 Å². The maximum absolute atomic E-state index is 13.4. The summed E-state index contributed by atoms with van der Waals surface area (Å²) in [6, 6.07) is 10.3. The molecular formula is C13H8F2O. The first-order valence-corrected chi connectivity index (χ1v) is 4.72. The number of aldehydes is 1. The van der Waals surface area contributed by atoms with Crippen LogP contribution in [0.5, 0.6) is 0 Å². The predicted octanol–water partition coefficient (Wildman–Crippen LogP) is 3.44. The van der Waals surface area contributed by atoms with Crippen LogP contribution >= 0.6 is 0 Å². The Morgan fingerprint density at radius 2 is 1.62 bits per heavy atom. The number of halogens is 2. The topological polar surface area (TPSA) is 17.1 Å². The summed E-state index contributed by atoms with van der Waals surface area (Å²) in [6.45, 7) is 0. The van der Waals surface area contributed by atoms with Crippen molar-refractivity contribution < 1.29 is 13.6 Å². The van der Waals surface area contributed by atoms with E-state index in [-0.39, 0.29) is 5.56 Å². The Balaban J connectivity index is 2.50. The molecular weight excluding hydrogens is 210 g/mol. The lowest BCUT2D eigenvalue weighted by atomic mass is 10.0. The van der Waals surface area contributed by atoms with Crippen LogP contribution in [0.3, 0.4) is 0 Å². The van der Waals surface area contributed by atoms with Gasteiger partial charge in [-0.1, -0.05) is 36.4 Å². The summed E-state index contributed by atoms with van der Waals surface area (Å²) in [5, 5.41) is 0. The molecule has 0 aromatic heterocycles. The first kappa shape index (κ1) is 10.5. The first-order valence-electron chi connectivity index (χ1n) is 4.72. The van der Waals surface area contributed by atoms with Crippen molar-refractivity contribution in [1.82, 2.24) is 0 Å². The summed E-state index contributed by atoms with van der Waals surface area (Å²) in [5.41, 5.74) is 1.24. The second-order valence-electron chi connectivity index (χ2n) is 3.34. The fraction of sp³-hybridized carbons (Fsp3) is 0. The summed E-state index contributed by atoms with van der Waals surface area (Å²) in [4.78, 5) is 10.4. The number of hydrogen-bond acceptors (Lipinski definition) is 1. The molecule has 0 aliphatic carbocycles. The number of benzene rings is 2. The molecule has 0 aliphatic rings. The lowest BCUT2D eigenvalue weighted by Gasteiger charge is -2.03. The van der Waals surface area contributed by atoms with Crippen LogP contribution in [-0.2, 0) is 0 Å². The lowest BCUT2D eigenvalue weighted by Crippen LogP contribution is -1.89. The van der Waals surface area contributed by atoms with Crippen LogP contribution in [0.1, 0.15) is 10.4 Å². The van der Waals surface area contributed by atoms with E-state index in [2.05, 4.69) is 0 Å². The quantitative estimate of drug-likeness (QED) is 0.705. The zero-order valence-electron chi connectivity index (χ0n) is 8.28. The zero-order valence-corrected chi connectivity index (χ0v) is 8.28. The predicted molar refractivity (Wildman–Crippen MR) is 57.2 cm³/mol. The highest BCUT2D eigenvalue weighted by Crippen LogP contribution is 2.24. The third kappa shape index (κ3) is 1.84. The van der Waals surface area contributed by atoms with Crippen molar-refractivity contribution in [2.24, 2.45) is 0 Å². The highest BCUT2D eigenvalue weighted by molar-refractivity contribution is 5.77. The number of rotatable bonds is 2. The van der Waals surface area contributed by atoms with Crippen LogP contribution in [-0.4, -0.2) is 6.29 Å². The SMILES string of the molecule is O=Cc1ccc(-c2cccc(F)c2F)cc1. The van der Waals surface area contributed by atoms with Crippen LogP contribution < -0.4 is 0 Å². The van der Waals surface area contributed by atoms with E-state index in [4.69, 9.17) is 0 Å². The molecule has 0 saturated heterocycles. The second kappa shape index (κ2) is 4.23. The molecule has 0 aliphatic heterocycles. The Hall–Kier alpha value is -2.03. The summed E-state index contributed by atoms with van der Waals surface area (Å²) in [7, 11) is 0. The monoisotopic (exact) mass is 218 g/mol. The molecule has 2 aromatic rings. The lowest BCUT2D eigenvalue weighted by molar-refractivity contribution is 0.112. The van der Waals surface area contributed by atoms with Gasteiger partial charge in [-0.25, -0.2) is 8.78 Å². The Morgan fingerprint density at radius 3 is 2.25 bits per heavy atom. The molecule has 2 aromatic carbocycles. The number of carbonyl (C=O) groups is 1. The molecule has 16 heavy (non-hydrogen) atoms. The normalized spacial score (nSPS) is 10.1. The van der Waals surface area contributed by atoms with Gasteiger partial charge in [0.1, 0.15) is 6.29 Å². The minimum Gasteiger partial charge on any atom is -0.298 e. The highest BCUT2D eigenvalue weighted by Gasteiger charge is 2.08. The zero-order chi connectivity index (χ0) is 11.5. The largest absolute Gasteiger partial charge is 0.298 e. The van der Waals surface area contributed by atoms with E-state index >= 15 is 0 Å². The molecule has 0 spiro atoms. The average molecular weight is 218 g/mol. The molecule has 0 bridgehead atoms. The van der Waals surface area contributed by atoms with Gasteiger partial charge in [0, 0.05) is 11.1 Å². The average Bonchev–Trinajstić information content (AvgIpc) is 2.33. The molecule has 0 fully saturated rings. The van der Waals surface area contributed by atoms with Gasteiger partial charge < -0.3 is 0 Å². The van der Waals surface area contributed by atoms with Gasteiger partial charge in [0.25, 0.3) is 0 Å². The molecule has 80 valence electrons. The van der Waals surface area contributed by atoms with Gasteiger partial charge >= 0.3 is 0 Å². The number of carbonyl (C=O) groups excluding carboxylic acids is 1. The van der Waals surface area contributed by atoms with E-state index in [9.17, 15) is 13.6 Å². The summed E-state index contributed by atoms with van der Waals surface area (Å²) < 4.78 is 26.4. The fourth-order valence-corrected chi connectivity index (χ4v) is 1.47. The molecule has 0 amide bonds. The van der Waals surface area contributed by atoms with Crippen molar-refractivity contribution in [1.29, 1.82) is 0 Å². The summed E-state index contributed by atoms with van der Waals surface area (Å²) in [6.07, 6.45) is 0.700. The van der Waals surface area contributed by atoms with Crippen molar-refractivity contribution in [2.75, 3.05) is 0 Å². The van der Waals surface area contributed by atoms with Crippen molar-refractivity contribution in [3.05, 3.63) is 59.7 Å². The molecule has 0 N–H and O–H groups in total. The third-order valence-electron chi connectivity index (χ3n) is 2.31. The molecule has 0 atom stereocenters. The van der Waals surface area contributed by atoms with Gasteiger partial charge in [0.15, 0.2) is 11.6 Å². The van der Waals surface area contributed by atoms with Crippen LogP contribution in [0, 0.1) is 11.6 Å². The van der Waals surface area contributed by atoms with Crippen molar-refractivity contribution in [3.8, 4) is 11.1 Å². The van der Waals surface area contributed by atoms with Gasteiger partial charge in [-0.3, -0.25) is 4.79 Å². The molecule has 0 radical (unpaired) electrons. The van der Waals surface area contributed by atoms with E-state index in [0.717, 1.165) is 6.07 Å². The van der Waals surface area contributed by atoms with Gasteiger partial charge in [-0.2, -0.15) is 0 Å². The van der Waals surface area contributed by atoms with Crippen LogP contribution in [0.15, 0.2) is 42.5 Å². The Kier molecular flexibility index (Phi) is 2.77. The van der Waals surface area contributed by atoms with E-state index in [1.807, 2.05) is 0 Å². The standard InChI is InChI=1S/C13H8F2O/c14-12-3-1-2-11(13(12)15)10-6-4-9(8-16)5-7-10/h1-8H. The van der Waals surface area contributed by atoms with Gasteiger partial charge in [0.05, 0.1) is 0 Å². The van der Waals surface area contributed by atoms with Gasteiger partial charge in [-0.05, 0) is 11.6 Å². The molecule has 0 unspecified atom stereocenters. The second-order valence-corrected chi connectivity index (χ2v) is 3.34. The minimum absolute atomic E-state index is 0.192. The third-order valence-corrected chi connectivity index (χ3v) is 2.31. The number of hydrogen-bond donors (Lipinski definition) is 0. The minimum atomic E-state index is -0.878. The molecule has 0 heterocycles. The van der Waals surface area contributed by atoms with Crippen LogP contribution in [0.4, 0.5) is 8.78 Å². The van der Waals surface area contributed by atoms with E-state index in [0.29, 0.717) is 17.4 Å². The molecule has 3 heteroatoms. The summed E-state index contributed by atoms with van der Waals surface area (Å²) >= 11 is 0. The Bertz CT molecular complexity index is 518.